The number of hydrogen-bond donors (Lipinski definition) is 0. The van der Waals surface area contributed by atoms with Crippen molar-refractivity contribution >= 4 is 20.9 Å². The smallest absolute Gasteiger partial charge is 0.274 e. The van der Waals surface area contributed by atoms with E-state index in [1.54, 1.807) is 0 Å². The molecule has 1 aromatic heterocycles. The monoisotopic (exact) mass is 284 g/mol. The molecule has 0 atom stereocenters. The highest BCUT2D eigenvalue weighted by Gasteiger charge is 2.04. The van der Waals surface area contributed by atoms with E-state index in [4.69, 9.17) is 4.43 Å². The van der Waals surface area contributed by atoms with E-state index in [2.05, 4.69) is 28.1 Å². The van der Waals surface area contributed by atoms with Crippen molar-refractivity contribution in [2.24, 2.45) is 4.99 Å². The van der Waals surface area contributed by atoms with Crippen molar-refractivity contribution in [1.29, 1.82) is 0 Å². The van der Waals surface area contributed by atoms with Crippen molar-refractivity contribution in [3.8, 4) is 5.75 Å². The summed E-state index contributed by atoms with van der Waals surface area (Å²) < 4.78 is 5.82. The van der Waals surface area contributed by atoms with Crippen LogP contribution in [-0.4, -0.2) is 25.2 Å². The average molecular weight is 284 g/mol. The summed E-state index contributed by atoms with van der Waals surface area (Å²) in [5.74, 6) is 1.61. The Hall–Kier alpha value is -2.01. The Kier molecular flexibility index (Phi) is 5.01. The zero-order valence-electron chi connectivity index (χ0n) is 12.0. The van der Waals surface area contributed by atoms with Crippen LogP contribution in [0.5, 0.6) is 5.75 Å². The maximum absolute atomic E-state index is 5.82. The largest absolute Gasteiger partial charge is 0.541 e. The molecule has 2 aromatic rings. The fourth-order valence-corrected chi connectivity index (χ4v) is 2.23. The van der Waals surface area contributed by atoms with Crippen LogP contribution in [0.2, 0.25) is 13.1 Å². The number of aromatic nitrogens is 2. The Morgan fingerprint density at radius 1 is 1.20 bits per heavy atom. The van der Waals surface area contributed by atoms with Crippen LogP contribution in [-0.2, 0) is 6.42 Å². The van der Waals surface area contributed by atoms with Crippen LogP contribution in [0.3, 0.4) is 0 Å². The summed E-state index contributed by atoms with van der Waals surface area (Å²) in [5.41, 5.74) is 1.91. The molecule has 0 aliphatic rings. The van der Waals surface area contributed by atoms with Crippen molar-refractivity contribution < 1.29 is 4.43 Å². The third-order valence-corrected chi connectivity index (χ3v) is 3.15. The Morgan fingerprint density at radius 2 is 1.90 bits per heavy atom. The lowest BCUT2D eigenvalue weighted by Crippen LogP contribution is -2.11. The first-order valence-corrected chi connectivity index (χ1v) is 8.93. The summed E-state index contributed by atoms with van der Waals surface area (Å²) in [6, 6.07) is 7.82. The fraction of sp³-hybridized carbons (Fsp3) is 0.267. The minimum Gasteiger partial charge on any atom is -0.541 e. The van der Waals surface area contributed by atoms with Gasteiger partial charge in [-0.05, 0) is 37.7 Å². The van der Waals surface area contributed by atoms with Gasteiger partial charge in [-0.3, -0.25) is 4.99 Å². The van der Waals surface area contributed by atoms with E-state index in [0.717, 1.165) is 22.8 Å². The second-order valence-electron chi connectivity index (χ2n) is 4.67. The Morgan fingerprint density at radius 3 is 2.60 bits per heavy atom. The van der Waals surface area contributed by atoms with Crippen LogP contribution < -0.4 is 4.43 Å². The lowest BCUT2D eigenvalue weighted by atomic mass is 10.3. The minimum atomic E-state index is -0.788. The molecule has 0 aliphatic carbocycles. The fourth-order valence-electron chi connectivity index (χ4n) is 1.62. The molecule has 2 rings (SSSR count). The molecular weight excluding hydrogens is 266 g/mol. The average Bonchev–Trinajstić information content (AvgIpc) is 2.42. The summed E-state index contributed by atoms with van der Waals surface area (Å²) in [6.45, 7) is 6.18. The van der Waals surface area contributed by atoms with Gasteiger partial charge in [-0.1, -0.05) is 12.1 Å². The molecule has 0 aliphatic heterocycles. The van der Waals surface area contributed by atoms with E-state index < -0.39 is 9.04 Å². The molecule has 0 spiro atoms. The lowest BCUT2D eigenvalue weighted by Gasteiger charge is -2.10. The highest BCUT2D eigenvalue weighted by molar-refractivity contribution is 6.49. The van der Waals surface area contributed by atoms with Gasteiger partial charge in [0.05, 0.1) is 0 Å². The Bertz CT molecular complexity index is 582. The molecule has 5 heteroatoms. The van der Waals surface area contributed by atoms with Crippen molar-refractivity contribution in [1.82, 2.24) is 9.97 Å². The van der Waals surface area contributed by atoms with Crippen molar-refractivity contribution in [2.75, 3.05) is 0 Å². The minimum absolute atomic E-state index is 0.616. The van der Waals surface area contributed by atoms with E-state index in [1.165, 1.54) is 0 Å². The van der Waals surface area contributed by atoms with Crippen LogP contribution in [0.4, 0.5) is 5.69 Å². The summed E-state index contributed by atoms with van der Waals surface area (Å²) in [7, 11) is -0.788. The SMILES string of the molecule is Cc1cnc(CC=Nc2ccccc2O[Si](C)C)nc1. The van der Waals surface area contributed by atoms with Gasteiger partial charge in [0, 0.05) is 25.0 Å². The standard InChI is InChI=1S/C15H18N3OSi/c1-12-10-17-15(18-11-12)8-9-16-13-6-4-5-7-14(13)19-20(2)3/h4-7,9-11H,8H2,1-3H3. The number of nitrogens with zero attached hydrogens (tertiary/aromatic N) is 3. The van der Waals surface area contributed by atoms with E-state index >= 15 is 0 Å². The van der Waals surface area contributed by atoms with Crippen LogP contribution >= 0.6 is 0 Å². The topological polar surface area (TPSA) is 47.4 Å². The van der Waals surface area contributed by atoms with Crippen LogP contribution in [0.15, 0.2) is 41.7 Å². The van der Waals surface area contributed by atoms with E-state index in [0.29, 0.717) is 6.42 Å². The highest BCUT2D eigenvalue weighted by atomic mass is 28.3. The number of benzene rings is 1. The number of rotatable bonds is 5. The molecule has 0 N–H and O–H groups in total. The van der Waals surface area contributed by atoms with Gasteiger partial charge < -0.3 is 4.43 Å². The number of aryl methyl sites for hydroxylation is 1. The molecule has 1 radical (unpaired) electrons. The van der Waals surface area contributed by atoms with Gasteiger partial charge in [0.15, 0.2) is 0 Å². The van der Waals surface area contributed by atoms with Crippen LogP contribution in [0.1, 0.15) is 11.4 Å². The number of para-hydroxylation sites is 2. The zero-order chi connectivity index (χ0) is 14.4. The van der Waals surface area contributed by atoms with Gasteiger partial charge in [-0.2, -0.15) is 0 Å². The van der Waals surface area contributed by atoms with E-state index in [-0.39, 0.29) is 0 Å². The highest BCUT2D eigenvalue weighted by Crippen LogP contribution is 2.26. The molecule has 20 heavy (non-hydrogen) atoms. The predicted octanol–water partition coefficient (Wildman–Crippen LogP) is 3.36. The van der Waals surface area contributed by atoms with Gasteiger partial charge >= 0.3 is 0 Å². The van der Waals surface area contributed by atoms with Crippen LogP contribution in [0, 0.1) is 6.92 Å². The van der Waals surface area contributed by atoms with Gasteiger partial charge in [0.25, 0.3) is 9.04 Å². The third kappa shape index (κ3) is 4.27. The number of aliphatic imine (C=N–C) groups is 1. The Balaban J connectivity index is 2.05. The lowest BCUT2D eigenvalue weighted by molar-refractivity contribution is 0.582. The second-order valence-corrected chi connectivity index (χ2v) is 6.69. The molecule has 0 saturated carbocycles. The van der Waals surface area contributed by atoms with Gasteiger partial charge in [0.2, 0.25) is 0 Å². The maximum atomic E-state index is 5.82. The van der Waals surface area contributed by atoms with Crippen LogP contribution in [0.25, 0.3) is 0 Å². The molecule has 1 heterocycles. The van der Waals surface area contributed by atoms with Gasteiger partial charge in [-0.25, -0.2) is 9.97 Å². The molecule has 0 unspecified atom stereocenters. The summed E-state index contributed by atoms with van der Waals surface area (Å²) in [5, 5.41) is 0. The predicted molar refractivity (Wildman–Crippen MR) is 83.2 cm³/mol. The normalized spacial score (nSPS) is 11.2. The molecule has 0 bridgehead atoms. The zero-order valence-corrected chi connectivity index (χ0v) is 13.0. The molecule has 103 valence electrons. The second kappa shape index (κ2) is 6.95. The summed E-state index contributed by atoms with van der Waals surface area (Å²) >= 11 is 0. The van der Waals surface area contributed by atoms with Crippen molar-refractivity contribution in [3.05, 3.63) is 48.0 Å². The third-order valence-electron chi connectivity index (χ3n) is 2.52. The number of hydrogen-bond acceptors (Lipinski definition) is 4. The quantitative estimate of drug-likeness (QED) is 0.625. The first-order valence-electron chi connectivity index (χ1n) is 6.52. The van der Waals surface area contributed by atoms with Crippen molar-refractivity contribution in [3.63, 3.8) is 0 Å². The molecular formula is C15H18N3OSi. The summed E-state index contributed by atoms with van der Waals surface area (Å²) in [6.07, 6.45) is 6.07. The molecule has 0 amide bonds. The molecule has 0 fully saturated rings. The van der Waals surface area contributed by atoms with Crippen molar-refractivity contribution in [2.45, 2.75) is 26.4 Å². The molecule has 1 aromatic carbocycles. The molecule has 4 nitrogen and oxygen atoms in total. The molecule has 0 saturated heterocycles. The van der Waals surface area contributed by atoms with Gasteiger partial charge in [0.1, 0.15) is 17.3 Å². The Labute approximate surface area is 121 Å². The maximum Gasteiger partial charge on any atom is 0.274 e. The first-order chi connectivity index (χ1) is 9.65. The van der Waals surface area contributed by atoms with E-state index in [9.17, 15) is 0 Å². The first kappa shape index (κ1) is 14.4. The summed E-state index contributed by atoms with van der Waals surface area (Å²) in [4.78, 5) is 13.0. The van der Waals surface area contributed by atoms with E-state index in [1.807, 2.05) is 49.8 Å². The van der Waals surface area contributed by atoms with Gasteiger partial charge in [-0.15, -0.1) is 0 Å².